The summed E-state index contributed by atoms with van der Waals surface area (Å²) in [4.78, 5) is 0. The number of rotatable bonds is 6. The van der Waals surface area contributed by atoms with Crippen LogP contribution < -0.4 is 5.32 Å². The van der Waals surface area contributed by atoms with E-state index in [9.17, 15) is 4.39 Å². The van der Waals surface area contributed by atoms with Gasteiger partial charge in [-0.2, -0.15) is 0 Å². The molecule has 1 N–H and O–H groups in total. The Morgan fingerprint density at radius 1 is 1.37 bits per heavy atom. The standard InChI is InChI=1S/C13H15BrFN3S/c1-2-16-8-4-7-11-17-18-13(19-11)12-9(14)5-3-6-10(12)15/h3,5-6,16H,2,4,7-8H2,1H3. The highest BCUT2D eigenvalue weighted by molar-refractivity contribution is 9.10. The second kappa shape index (κ2) is 7.07. The quantitative estimate of drug-likeness (QED) is 0.813. The zero-order chi connectivity index (χ0) is 13.7. The Morgan fingerprint density at radius 3 is 2.95 bits per heavy atom. The van der Waals surface area contributed by atoms with Crippen molar-refractivity contribution in [2.24, 2.45) is 0 Å². The number of halogens is 2. The summed E-state index contributed by atoms with van der Waals surface area (Å²) in [6.07, 6.45) is 1.89. The van der Waals surface area contributed by atoms with E-state index in [1.54, 1.807) is 6.07 Å². The zero-order valence-electron chi connectivity index (χ0n) is 10.6. The summed E-state index contributed by atoms with van der Waals surface area (Å²) in [6.45, 7) is 4.02. The summed E-state index contributed by atoms with van der Waals surface area (Å²) in [5.74, 6) is -0.273. The molecule has 0 radical (unpaired) electrons. The molecule has 0 saturated heterocycles. The van der Waals surface area contributed by atoms with Crippen LogP contribution in [-0.4, -0.2) is 23.3 Å². The largest absolute Gasteiger partial charge is 0.317 e. The third-order valence-corrected chi connectivity index (χ3v) is 4.30. The molecule has 0 bridgehead atoms. The van der Waals surface area contributed by atoms with Crippen LogP contribution in [0.2, 0.25) is 0 Å². The minimum atomic E-state index is -0.273. The Bertz CT molecular complexity index is 524. The lowest BCUT2D eigenvalue weighted by Crippen LogP contribution is -2.14. The predicted molar refractivity (Wildman–Crippen MR) is 79.9 cm³/mol. The average Bonchev–Trinajstić information content (AvgIpc) is 2.83. The Morgan fingerprint density at radius 2 is 2.21 bits per heavy atom. The Hall–Kier alpha value is -0.850. The molecular weight excluding hydrogens is 329 g/mol. The third kappa shape index (κ3) is 3.81. The van der Waals surface area contributed by atoms with Crippen LogP contribution in [0.4, 0.5) is 4.39 Å². The summed E-state index contributed by atoms with van der Waals surface area (Å²) in [7, 11) is 0. The van der Waals surface area contributed by atoms with Crippen LogP contribution in [0.25, 0.3) is 10.6 Å². The summed E-state index contributed by atoms with van der Waals surface area (Å²) in [5, 5.41) is 13.1. The molecule has 0 atom stereocenters. The van der Waals surface area contributed by atoms with Crippen molar-refractivity contribution in [3.63, 3.8) is 0 Å². The molecule has 6 heteroatoms. The fraction of sp³-hybridized carbons (Fsp3) is 0.385. The van der Waals surface area contributed by atoms with Crippen molar-refractivity contribution >= 4 is 27.3 Å². The predicted octanol–water partition coefficient (Wildman–Crippen LogP) is 3.65. The van der Waals surface area contributed by atoms with E-state index in [0.717, 1.165) is 30.9 Å². The van der Waals surface area contributed by atoms with Crippen LogP contribution in [0.1, 0.15) is 18.4 Å². The summed E-state index contributed by atoms with van der Waals surface area (Å²) < 4.78 is 14.5. The molecule has 0 spiro atoms. The summed E-state index contributed by atoms with van der Waals surface area (Å²) in [5.41, 5.74) is 0.498. The van der Waals surface area contributed by atoms with Crippen molar-refractivity contribution in [2.75, 3.05) is 13.1 Å². The minimum absolute atomic E-state index is 0.273. The SMILES string of the molecule is CCNCCCc1nnc(-c2c(F)cccc2Br)s1. The fourth-order valence-corrected chi connectivity index (χ4v) is 3.30. The zero-order valence-corrected chi connectivity index (χ0v) is 13.0. The summed E-state index contributed by atoms with van der Waals surface area (Å²) in [6, 6.07) is 4.91. The van der Waals surface area contributed by atoms with E-state index in [-0.39, 0.29) is 5.82 Å². The number of benzene rings is 1. The van der Waals surface area contributed by atoms with Gasteiger partial charge in [0.25, 0.3) is 0 Å². The van der Waals surface area contributed by atoms with Crippen LogP contribution in [0.5, 0.6) is 0 Å². The number of nitrogens with zero attached hydrogens (tertiary/aromatic N) is 2. The van der Waals surface area contributed by atoms with E-state index in [4.69, 9.17) is 0 Å². The van der Waals surface area contributed by atoms with Crippen LogP contribution in [0, 0.1) is 5.82 Å². The lowest BCUT2D eigenvalue weighted by molar-refractivity contribution is 0.630. The number of aromatic nitrogens is 2. The van der Waals surface area contributed by atoms with Crippen LogP contribution >= 0.6 is 27.3 Å². The van der Waals surface area contributed by atoms with Gasteiger partial charge in [0.2, 0.25) is 0 Å². The maximum Gasteiger partial charge on any atom is 0.151 e. The molecular formula is C13H15BrFN3S. The molecule has 19 heavy (non-hydrogen) atoms. The van der Waals surface area contributed by atoms with Gasteiger partial charge < -0.3 is 5.32 Å². The topological polar surface area (TPSA) is 37.8 Å². The van der Waals surface area contributed by atoms with Crippen molar-refractivity contribution in [2.45, 2.75) is 19.8 Å². The molecule has 0 saturated carbocycles. The lowest BCUT2D eigenvalue weighted by atomic mass is 10.2. The molecule has 3 nitrogen and oxygen atoms in total. The average molecular weight is 344 g/mol. The molecule has 0 unspecified atom stereocenters. The van der Waals surface area contributed by atoms with Crippen molar-refractivity contribution in [3.8, 4) is 10.6 Å². The first kappa shape index (κ1) is 14.6. The minimum Gasteiger partial charge on any atom is -0.317 e. The van der Waals surface area contributed by atoms with E-state index >= 15 is 0 Å². The van der Waals surface area contributed by atoms with Crippen molar-refractivity contribution in [1.82, 2.24) is 15.5 Å². The maximum absolute atomic E-state index is 13.8. The Balaban J connectivity index is 2.08. The molecule has 0 aliphatic rings. The first-order valence-corrected chi connectivity index (χ1v) is 7.80. The molecule has 2 rings (SSSR count). The second-order valence-corrected chi connectivity index (χ2v) is 5.97. The van der Waals surface area contributed by atoms with Gasteiger partial charge in [0.05, 0.1) is 5.56 Å². The van der Waals surface area contributed by atoms with E-state index in [1.807, 2.05) is 6.07 Å². The first-order chi connectivity index (χ1) is 9.22. The van der Waals surface area contributed by atoms with Gasteiger partial charge >= 0.3 is 0 Å². The highest BCUT2D eigenvalue weighted by Gasteiger charge is 2.14. The van der Waals surface area contributed by atoms with Gasteiger partial charge in [-0.1, -0.05) is 24.3 Å². The molecule has 1 aromatic carbocycles. The number of hydrogen-bond acceptors (Lipinski definition) is 4. The molecule has 102 valence electrons. The van der Waals surface area contributed by atoms with Crippen LogP contribution in [-0.2, 0) is 6.42 Å². The summed E-state index contributed by atoms with van der Waals surface area (Å²) >= 11 is 4.81. The van der Waals surface area contributed by atoms with Crippen LogP contribution in [0.15, 0.2) is 22.7 Å². The van der Waals surface area contributed by atoms with E-state index in [1.165, 1.54) is 17.4 Å². The Kier molecular flexibility index (Phi) is 5.42. The third-order valence-electron chi connectivity index (χ3n) is 2.64. The van der Waals surface area contributed by atoms with Crippen molar-refractivity contribution < 1.29 is 4.39 Å². The molecule has 2 aromatic rings. The van der Waals surface area contributed by atoms with Crippen molar-refractivity contribution in [1.29, 1.82) is 0 Å². The Labute approximate surface area is 124 Å². The highest BCUT2D eigenvalue weighted by atomic mass is 79.9. The lowest BCUT2D eigenvalue weighted by Gasteiger charge is -2.00. The number of aryl methyl sites for hydroxylation is 1. The van der Waals surface area contributed by atoms with Gasteiger partial charge in [-0.05, 0) is 47.6 Å². The molecule has 0 aliphatic carbocycles. The van der Waals surface area contributed by atoms with E-state index in [2.05, 4.69) is 38.4 Å². The van der Waals surface area contributed by atoms with Gasteiger partial charge in [-0.25, -0.2) is 4.39 Å². The van der Waals surface area contributed by atoms with E-state index in [0.29, 0.717) is 15.0 Å². The highest BCUT2D eigenvalue weighted by Crippen LogP contribution is 2.32. The van der Waals surface area contributed by atoms with Gasteiger partial charge in [-0.15, -0.1) is 10.2 Å². The first-order valence-electron chi connectivity index (χ1n) is 6.20. The normalized spacial score (nSPS) is 10.9. The van der Waals surface area contributed by atoms with Crippen molar-refractivity contribution in [3.05, 3.63) is 33.5 Å². The van der Waals surface area contributed by atoms with Gasteiger partial charge in [0, 0.05) is 10.9 Å². The van der Waals surface area contributed by atoms with E-state index < -0.39 is 0 Å². The monoisotopic (exact) mass is 343 g/mol. The number of hydrogen-bond donors (Lipinski definition) is 1. The second-order valence-electron chi connectivity index (χ2n) is 4.05. The molecule has 0 fully saturated rings. The van der Waals surface area contributed by atoms with Crippen LogP contribution in [0.3, 0.4) is 0 Å². The smallest absolute Gasteiger partial charge is 0.151 e. The maximum atomic E-state index is 13.8. The molecule has 0 aliphatic heterocycles. The van der Waals surface area contributed by atoms with Gasteiger partial charge in [0.1, 0.15) is 10.8 Å². The number of nitrogens with one attached hydrogen (secondary N) is 1. The molecule has 1 heterocycles. The van der Waals surface area contributed by atoms with Gasteiger partial charge in [0.15, 0.2) is 5.01 Å². The van der Waals surface area contributed by atoms with Gasteiger partial charge in [-0.3, -0.25) is 0 Å². The molecule has 0 amide bonds. The molecule has 1 aromatic heterocycles. The fourth-order valence-electron chi connectivity index (χ4n) is 1.70.